The molecule has 0 aromatic heterocycles. The molecule has 0 spiro atoms. The van der Waals surface area contributed by atoms with Crippen molar-refractivity contribution >= 4 is 22.2 Å². The molecule has 31 heavy (non-hydrogen) atoms. The van der Waals surface area contributed by atoms with Crippen molar-refractivity contribution in [3.63, 3.8) is 0 Å². The van der Waals surface area contributed by atoms with E-state index in [9.17, 15) is 4.79 Å². The third kappa shape index (κ3) is 5.13. The summed E-state index contributed by atoms with van der Waals surface area (Å²) < 4.78 is 5.54. The van der Waals surface area contributed by atoms with E-state index < -0.39 is 0 Å². The molecule has 0 heterocycles. The molecule has 0 aliphatic carbocycles. The van der Waals surface area contributed by atoms with E-state index in [0.29, 0.717) is 13.0 Å². The molecule has 3 heteroatoms. The lowest BCUT2D eigenvalue weighted by molar-refractivity contribution is 0.0976. The summed E-state index contributed by atoms with van der Waals surface area (Å²) in [6, 6.07) is 30.2. The number of rotatable bonds is 8. The summed E-state index contributed by atoms with van der Waals surface area (Å²) >= 11 is 0. The number of ketones is 1. The van der Waals surface area contributed by atoms with Crippen LogP contribution in [0.15, 0.2) is 91.0 Å². The molecule has 1 N–H and O–H groups in total. The van der Waals surface area contributed by atoms with Crippen molar-refractivity contribution in [2.24, 2.45) is 0 Å². The molecule has 0 aliphatic heterocycles. The van der Waals surface area contributed by atoms with E-state index in [0.717, 1.165) is 33.3 Å². The van der Waals surface area contributed by atoms with Gasteiger partial charge in [0, 0.05) is 17.7 Å². The van der Waals surface area contributed by atoms with Gasteiger partial charge in [0.1, 0.15) is 5.75 Å². The lowest BCUT2D eigenvalue weighted by Crippen LogP contribution is -2.16. The molecule has 0 amide bonds. The molecule has 1 atom stereocenters. The number of anilines is 1. The number of carbonyl (C=O) groups is 1. The van der Waals surface area contributed by atoms with Gasteiger partial charge in [-0.3, -0.25) is 4.79 Å². The molecule has 0 bridgehead atoms. The number of aryl methyl sites for hydroxylation is 1. The monoisotopic (exact) mass is 409 g/mol. The standard InChI is InChI=1S/C28H27NO2/c1-3-31-26-16-14-25(15-17-26)29-27(22-10-8-20(2)9-11-22)19-28(30)24-13-12-21-6-4-5-7-23(21)18-24/h4-18,27,29H,3,19H2,1-2H3. The van der Waals surface area contributed by atoms with E-state index in [-0.39, 0.29) is 11.8 Å². The molecule has 1 unspecified atom stereocenters. The number of fused-ring (bicyclic) bond motifs is 1. The lowest BCUT2D eigenvalue weighted by Gasteiger charge is -2.21. The van der Waals surface area contributed by atoms with E-state index in [2.05, 4.69) is 42.6 Å². The highest BCUT2D eigenvalue weighted by Gasteiger charge is 2.18. The molecule has 4 rings (SSSR count). The fourth-order valence-electron chi connectivity index (χ4n) is 3.73. The van der Waals surface area contributed by atoms with Gasteiger partial charge in [0.2, 0.25) is 0 Å². The zero-order chi connectivity index (χ0) is 21.6. The van der Waals surface area contributed by atoms with Crippen LogP contribution < -0.4 is 10.1 Å². The summed E-state index contributed by atoms with van der Waals surface area (Å²) in [4.78, 5) is 13.2. The number of hydrogen-bond acceptors (Lipinski definition) is 3. The molecular formula is C28H27NO2. The van der Waals surface area contributed by atoms with Crippen LogP contribution in [0, 0.1) is 6.92 Å². The first-order valence-electron chi connectivity index (χ1n) is 10.7. The van der Waals surface area contributed by atoms with Gasteiger partial charge < -0.3 is 10.1 Å². The zero-order valence-electron chi connectivity index (χ0n) is 18.0. The minimum atomic E-state index is -0.127. The molecular weight excluding hydrogens is 382 g/mol. The van der Waals surface area contributed by atoms with Crippen LogP contribution in [0.4, 0.5) is 5.69 Å². The number of ether oxygens (including phenoxy) is 1. The highest BCUT2D eigenvalue weighted by atomic mass is 16.5. The number of nitrogens with one attached hydrogen (secondary N) is 1. The van der Waals surface area contributed by atoms with E-state index in [1.54, 1.807) is 0 Å². The maximum Gasteiger partial charge on any atom is 0.165 e. The Kier molecular flexibility index (Phi) is 6.32. The van der Waals surface area contributed by atoms with Gasteiger partial charge in [-0.05, 0) is 60.5 Å². The van der Waals surface area contributed by atoms with Crippen molar-refractivity contribution in [3.05, 3.63) is 108 Å². The lowest BCUT2D eigenvalue weighted by atomic mass is 9.95. The first-order valence-corrected chi connectivity index (χ1v) is 10.7. The Morgan fingerprint density at radius 2 is 1.58 bits per heavy atom. The van der Waals surface area contributed by atoms with Crippen molar-refractivity contribution in [2.45, 2.75) is 26.3 Å². The van der Waals surface area contributed by atoms with Crippen molar-refractivity contribution in [1.29, 1.82) is 0 Å². The highest BCUT2D eigenvalue weighted by molar-refractivity contribution is 6.00. The average Bonchev–Trinajstić information content (AvgIpc) is 2.80. The molecule has 0 fully saturated rings. The summed E-state index contributed by atoms with van der Waals surface area (Å²) in [5, 5.41) is 5.77. The van der Waals surface area contributed by atoms with Crippen molar-refractivity contribution in [1.82, 2.24) is 0 Å². The maximum absolute atomic E-state index is 13.2. The van der Waals surface area contributed by atoms with Crippen molar-refractivity contribution in [2.75, 3.05) is 11.9 Å². The van der Waals surface area contributed by atoms with E-state index >= 15 is 0 Å². The largest absolute Gasteiger partial charge is 0.494 e. The predicted molar refractivity (Wildman–Crippen MR) is 128 cm³/mol. The summed E-state index contributed by atoms with van der Waals surface area (Å²) in [5.74, 6) is 0.960. The topological polar surface area (TPSA) is 38.3 Å². The molecule has 0 radical (unpaired) electrons. The van der Waals surface area contributed by atoms with Crippen LogP contribution in [0.3, 0.4) is 0 Å². The minimum Gasteiger partial charge on any atom is -0.494 e. The Morgan fingerprint density at radius 1 is 0.871 bits per heavy atom. The molecule has 0 saturated heterocycles. The van der Waals surface area contributed by atoms with Crippen LogP contribution >= 0.6 is 0 Å². The second-order valence-electron chi connectivity index (χ2n) is 7.75. The third-order valence-electron chi connectivity index (χ3n) is 5.45. The van der Waals surface area contributed by atoms with Crippen LogP contribution in [0.5, 0.6) is 5.75 Å². The summed E-state index contributed by atoms with van der Waals surface area (Å²) in [5.41, 5.74) is 3.99. The van der Waals surface area contributed by atoms with Gasteiger partial charge in [-0.2, -0.15) is 0 Å². The van der Waals surface area contributed by atoms with Gasteiger partial charge >= 0.3 is 0 Å². The Morgan fingerprint density at radius 3 is 2.29 bits per heavy atom. The summed E-state index contributed by atoms with van der Waals surface area (Å²) in [6.45, 7) is 4.68. The fraction of sp³-hybridized carbons (Fsp3) is 0.179. The number of hydrogen-bond donors (Lipinski definition) is 1. The van der Waals surface area contributed by atoms with Crippen molar-refractivity contribution in [3.8, 4) is 5.75 Å². The Balaban J connectivity index is 1.58. The Labute approximate surface area is 183 Å². The first kappa shape index (κ1) is 20.7. The quantitative estimate of drug-likeness (QED) is 0.319. The smallest absolute Gasteiger partial charge is 0.165 e. The molecule has 3 nitrogen and oxygen atoms in total. The van der Waals surface area contributed by atoms with Gasteiger partial charge in [0.05, 0.1) is 12.6 Å². The Hall–Kier alpha value is -3.59. The number of Topliss-reactive ketones (excluding diaryl/α,β-unsaturated/α-hetero) is 1. The van der Waals surface area contributed by atoms with Crippen LogP contribution in [-0.2, 0) is 0 Å². The predicted octanol–water partition coefficient (Wildman–Crippen LogP) is 6.97. The maximum atomic E-state index is 13.2. The van der Waals surface area contributed by atoms with Crippen LogP contribution in [-0.4, -0.2) is 12.4 Å². The van der Waals surface area contributed by atoms with Gasteiger partial charge in [0.15, 0.2) is 5.78 Å². The number of carbonyl (C=O) groups excluding carboxylic acids is 1. The average molecular weight is 410 g/mol. The minimum absolute atomic E-state index is 0.120. The molecule has 156 valence electrons. The third-order valence-corrected chi connectivity index (χ3v) is 5.45. The second-order valence-corrected chi connectivity index (χ2v) is 7.75. The summed E-state index contributed by atoms with van der Waals surface area (Å²) in [7, 11) is 0. The van der Waals surface area contributed by atoms with Crippen LogP contribution in [0.25, 0.3) is 10.8 Å². The SMILES string of the molecule is CCOc1ccc(NC(CC(=O)c2ccc3ccccc3c2)c2ccc(C)cc2)cc1. The fourth-order valence-corrected chi connectivity index (χ4v) is 3.73. The van der Waals surface area contributed by atoms with Gasteiger partial charge in [-0.1, -0.05) is 66.2 Å². The van der Waals surface area contributed by atoms with E-state index in [1.807, 2.05) is 67.6 Å². The summed E-state index contributed by atoms with van der Waals surface area (Å²) in [6.07, 6.45) is 0.370. The molecule has 0 saturated carbocycles. The highest BCUT2D eigenvalue weighted by Crippen LogP contribution is 2.27. The van der Waals surface area contributed by atoms with Crippen LogP contribution in [0.2, 0.25) is 0 Å². The van der Waals surface area contributed by atoms with Gasteiger partial charge in [0.25, 0.3) is 0 Å². The van der Waals surface area contributed by atoms with Gasteiger partial charge in [-0.25, -0.2) is 0 Å². The second kappa shape index (κ2) is 9.48. The van der Waals surface area contributed by atoms with E-state index in [1.165, 1.54) is 5.56 Å². The molecule has 0 aliphatic rings. The van der Waals surface area contributed by atoms with E-state index in [4.69, 9.17) is 4.74 Å². The number of benzene rings is 4. The molecule has 4 aromatic carbocycles. The zero-order valence-corrected chi connectivity index (χ0v) is 18.0. The van der Waals surface area contributed by atoms with Crippen LogP contribution in [0.1, 0.15) is 40.9 Å². The Bertz CT molecular complexity index is 1160. The van der Waals surface area contributed by atoms with Crippen molar-refractivity contribution < 1.29 is 9.53 Å². The molecule has 4 aromatic rings. The normalized spacial score (nSPS) is 11.8. The van der Waals surface area contributed by atoms with Gasteiger partial charge in [-0.15, -0.1) is 0 Å². The first-order chi connectivity index (χ1) is 15.1.